The number of hydrogen-bond donors (Lipinski definition) is 1. The number of methoxy groups -OCH3 is 2. The molecule has 0 spiro atoms. The maximum absolute atomic E-state index is 13.4. The molecule has 0 saturated carbocycles. The Morgan fingerprint density at radius 3 is 2.19 bits per heavy atom. The number of fused-ring (bicyclic) bond motifs is 1. The summed E-state index contributed by atoms with van der Waals surface area (Å²) >= 11 is 0. The molecule has 1 atom stereocenters. The number of carbonyl (C=O) groups excluding carboxylic acids is 1. The van der Waals surface area contributed by atoms with Gasteiger partial charge < -0.3 is 14.6 Å². The van der Waals surface area contributed by atoms with Gasteiger partial charge in [0, 0.05) is 16.8 Å². The van der Waals surface area contributed by atoms with Crippen molar-refractivity contribution < 1.29 is 19.4 Å². The van der Waals surface area contributed by atoms with E-state index in [4.69, 9.17) is 9.47 Å². The maximum atomic E-state index is 13.4. The minimum atomic E-state index is -1.64. The van der Waals surface area contributed by atoms with E-state index in [0.717, 1.165) is 0 Å². The lowest BCUT2D eigenvalue weighted by molar-refractivity contribution is 0.0703. The summed E-state index contributed by atoms with van der Waals surface area (Å²) in [6, 6.07) is 21.4. The number of aliphatic hydroxyl groups is 1. The fourth-order valence-electron chi connectivity index (χ4n) is 3.58. The van der Waals surface area contributed by atoms with Crippen LogP contribution in [0.1, 0.15) is 21.5 Å². The molecular weight excluding hydrogens is 342 g/mol. The monoisotopic (exact) mass is 361 g/mol. The number of anilines is 1. The average molecular weight is 361 g/mol. The zero-order valence-corrected chi connectivity index (χ0v) is 15.0. The Balaban J connectivity index is 1.97. The van der Waals surface area contributed by atoms with Crippen LogP contribution in [0.3, 0.4) is 0 Å². The fraction of sp³-hybridized carbons (Fsp3) is 0.136. The summed E-state index contributed by atoms with van der Waals surface area (Å²) in [6.07, 6.45) is 0. The van der Waals surface area contributed by atoms with Crippen molar-refractivity contribution in [2.24, 2.45) is 0 Å². The molecule has 1 aliphatic rings. The SMILES string of the molecule is COc1ccc(N2C(=O)c3c(OC)cccc3C2(O)c2ccccc2)cc1. The first-order valence-corrected chi connectivity index (χ1v) is 8.55. The van der Waals surface area contributed by atoms with Crippen molar-refractivity contribution in [3.05, 3.63) is 89.5 Å². The molecule has 1 heterocycles. The van der Waals surface area contributed by atoms with Gasteiger partial charge in [-0.3, -0.25) is 9.69 Å². The minimum absolute atomic E-state index is 0.320. The van der Waals surface area contributed by atoms with Gasteiger partial charge in [-0.1, -0.05) is 42.5 Å². The third-order valence-corrected chi connectivity index (χ3v) is 4.87. The number of ether oxygens (including phenoxy) is 2. The molecule has 1 aliphatic heterocycles. The Hall–Kier alpha value is -3.31. The smallest absolute Gasteiger partial charge is 0.265 e. The van der Waals surface area contributed by atoms with Crippen molar-refractivity contribution >= 4 is 11.6 Å². The van der Waals surface area contributed by atoms with Crippen LogP contribution in [-0.4, -0.2) is 25.2 Å². The van der Waals surface area contributed by atoms with Gasteiger partial charge >= 0.3 is 0 Å². The van der Waals surface area contributed by atoms with Gasteiger partial charge in [-0.2, -0.15) is 0 Å². The van der Waals surface area contributed by atoms with Gasteiger partial charge in [-0.25, -0.2) is 0 Å². The summed E-state index contributed by atoms with van der Waals surface area (Å²) in [5.41, 5.74) is 0.374. The van der Waals surface area contributed by atoms with Crippen molar-refractivity contribution in [3.63, 3.8) is 0 Å². The molecule has 5 nitrogen and oxygen atoms in total. The molecule has 1 unspecified atom stereocenters. The molecule has 0 aromatic heterocycles. The first-order valence-electron chi connectivity index (χ1n) is 8.55. The van der Waals surface area contributed by atoms with Crippen LogP contribution in [0.25, 0.3) is 0 Å². The summed E-state index contributed by atoms with van der Waals surface area (Å²) in [7, 11) is 3.09. The Labute approximate surface area is 157 Å². The summed E-state index contributed by atoms with van der Waals surface area (Å²) in [5, 5.41) is 11.9. The second kappa shape index (κ2) is 6.45. The van der Waals surface area contributed by atoms with E-state index in [1.54, 1.807) is 61.7 Å². The largest absolute Gasteiger partial charge is 0.497 e. The molecule has 3 aromatic carbocycles. The fourth-order valence-corrected chi connectivity index (χ4v) is 3.58. The topological polar surface area (TPSA) is 59.0 Å². The van der Waals surface area contributed by atoms with E-state index in [1.807, 2.05) is 18.2 Å². The Bertz CT molecular complexity index is 985. The molecule has 0 saturated heterocycles. The van der Waals surface area contributed by atoms with E-state index in [0.29, 0.717) is 33.9 Å². The van der Waals surface area contributed by atoms with Gasteiger partial charge in [0.05, 0.1) is 19.8 Å². The van der Waals surface area contributed by atoms with Crippen molar-refractivity contribution in [2.45, 2.75) is 5.72 Å². The number of amides is 1. The molecule has 0 fully saturated rings. The Morgan fingerprint density at radius 2 is 1.56 bits per heavy atom. The predicted molar refractivity (Wildman–Crippen MR) is 102 cm³/mol. The van der Waals surface area contributed by atoms with Crippen molar-refractivity contribution in [2.75, 3.05) is 19.1 Å². The molecule has 3 aromatic rings. The highest BCUT2D eigenvalue weighted by Gasteiger charge is 2.52. The third kappa shape index (κ3) is 2.47. The van der Waals surface area contributed by atoms with Crippen molar-refractivity contribution in [1.82, 2.24) is 0 Å². The van der Waals surface area contributed by atoms with Crippen LogP contribution in [0.5, 0.6) is 11.5 Å². The molecule has 1 N–H and O–H groups in total. The van der Waals surface area contributed by atoms with Gasteiger partial charge in [0.25, 0.3) is 5.91 Å². The zero-order valence-electron chi connectivity index (χ0n) is 15.0. The summed E-state index contributed by atoms with van der Waals surface area (Å²) in [4.78, 5) is 14.8. The number of hydrogen-bond acceptors (Lipinski definition) is 4. The van der Waals surface area contributed by atoms with E-state index in [9.17, 15) is 9.90 Å². The second-order valence-electron chi connectivity index (χ2n) is 6.26. The summed E-state index contributed by atoms with van der Waals surface area (Å²) in [5.74, 6) is 0.783. The van der Waals surface area contributed by atoms with Gasteiger partial charge in [-0.05, 0) is 30.3 Å². The second-order valence-corrected chi connectivity index (χ2v) is 6.26. The van der Waals surface area contributed by atoms with Crippen LogP contribution in [-0.2, 0) is 5.72 Å². The molecule has 0 bridgehead atoms. The standard InChI is InChI=1S/C22H19NO4/c1-26-17-13-11-16(12-14-17)23-21(24)20-18(9-6-10-19(20)27-2)22(23,25)15-7-4-3-5-8-15/h3-14,25H,1-2H3. The molecule has 0 aliphatic carbocycles. The number of rotatable bonds is 4. The highest BCUT2D eigenvalue weighted by atomic mass is 16.5. The van der Waals surface area contributed by atoms with Gasteiger partial charge in [0.1, 0.15) is 11.5 Å². The first-order chi connectivity index (χ1) is 13.1. The molecule has 27 heavy (non-hydrogen) atoms. The van der Waals surface area contributed by atoms with Crippen LogP contribution in [0, 0.1) is 0 Å². The van der Waals surface area contributed by atoms with Crippen molar-refractivity contribution in [1.29, 1.82) is 0 Å². The van der Waals surface area contributed by atoms with E-state index in [2.05, 4.69) is 0 Å². The molecule has 0 radical (unpaired) electrons. The molecule has 136 valence electrons. The Kier molecular flexibility index (Phi) is 4.09. The Morgan fingerprint density at radius 1 is 0.852 bits per heavy atom. The predicted octanol–water partition coefficient (Wildman–Crippen LogP) is 3.56. The van der Waals surface area contributed by atoms with Crippen LogP contribution >= 0.6 is 0 Å². The van der Waals surface area contributed by atoms with Crippen LogP contribution in [0.2, 0.25) is 0 Å². The lowest BCUT2D eigenvalue weighted by Crippen LogP contribution is -2.45. The van der Waals surface area contributed by atoms with Crippen LogP contribution < -0.4 is 14.4 Å². The third-order valence-electron chi connectivity index (χ3n) is 4.87. The number of carbonyl (C=O) groups is 1. The summed E-state index contributed by atoms with van der Waals surface area (Å²) in [6.45, 7) is 0. The molecule has 4 rings (SSSR count). The molecule has 1 amide bonds. The van der Waals surface area contributed by atoms with Gasteiger partial charge in [0.15, 0.2) is 5.72 Å². The minimum Gasteiger partial charge on any atom is -0.497 e. The highest BCUT2D eigenvalue weighted by Crippen LogP contribution is 2.47. The number of benzene rings is 3. The molecule has 5 heteroatoms. The zero-order chi connectivity index (χ0) is 19.0. The maximum Gasteiger partial charge on any atom is 0.265 e. The van der Waals surface area contributed by atoms with E-state index >= 15 is 0 Å². The highest BCUT2D eigenvalue weighted by molar-refractivity contribution is 6.14. The van der Waals surface area contributed by atoms with E-state index < -0.39 is 5.72 Å². The van der Waals surface area contributed by atoms with E-state index in [1.165, 1.54) is 12.0 Å². The molecular formula is C22H19NO4. The average Bonchev–Trinajstić information content (AvgIpc) is 2.97. The van der Waals surface area contributed by atoms with Crippen LogP contribution in [0.4, 0.5) is 5.69 Å². The first kappa shape index (κ1) is 17.1. The lowest BCUT2D eigenvalue weighted by Gasteiger charge is -2.34. The lowest BCUT2D eigenvalue weighted by atomic mass is 9.93. The number of nitrogens with zero attached hydrogens (tertiary/aromatic N) is 1. The van der Waals surface area contributed by atoms with Crippen molar-refractivity contribution in [3.8, 4) is 11.5 Å². The van der Waals surface area contributed by atoms with Gasteiger partial charge in [0.2, 0.25) is 0 Å². The normalized spacial score (nSPS) is 18.3. The summed E-state index contributed by atoms with van der Waals surface area (Å²) < 4.78 is 10.6. The van der Waals surface area contributed by atoms with E-state index in [-0.39, 0.29) is 5.91 Å². The van der Waals surface area contributed by atoms with Gasteiger partial charge in [-0.15, -0.1) is 0 Å². The quantitative estimate of drug-likeness (QED) is 0.772. The van der Waals surface area contributed by atoms with Crippen LogP contribution in [0.15, 0.2) is 72.8 Å².